The fourth-order valence-electron chi connectivity index (χ4n) is 1.55. The largest absolute Gasteiger partial charge is 0.288 e. The van der Waals surface area contributed by atoms with Crippen LogP contribution >= 0.6 is 0 Å². The SMILES string of the molecule is C/C(=[CH]\[Al]([CH3])[CH3])Cc1ccccc1. The summed E-state index contributed by atoms with van der Waals surface area (Å²) in [6.07, 6.45) is 1.12. The highest BCUT2D eigenvalue weighted by Gasteiger charge is 1.98. The van der Waals surface area contributed by atoms with Gasteiger partial charge in [0.15, 0.2) is 0 Å². The highest BCUT2D eigenvalue weighted by atomic mass is 27.2. The van der Waals surface area contributed by atoms with Gasteiger partial charge in [0.1, 0.15) is 0 Å². The molecule has 1 aromatic rings. The van der Waals surface area contributed by atoms with E-state index in [4.69, 9.17) is 0 Å². The Labute approximate surface area is 85.7 Å². The first-order chi connectivity index (χ1) is 6.18. The third kappa shape index (κ3) is 4.31. The first-order valence-electron chi connectivity index (χ1n) is 4.89. The monoisotopic (exact) mass is 188 g/mol. The average Bonchev–Trinajstić information content (AvgIpc) is 2.04. The van der Waals surface area contributed by atoms with Crippen molar-refractivity contribution in [2.45, 2.75) is 24.9 Å². The lowest BCUT2D eigenvalue weighted by Gasteiger charge is -2.01. The Kier molecular flexibility index (Phi) is 4.29. The van der Waals surface area contributed by atoms with Crippen LogP contribution in [-0.2, 0) is 6.42 Å². The van der Waals surface area contributed by atoms with Crippen molar-refractivity contribution in [2.75, 3.05) is 0 Å². The van der Waals surface area contributed by atoms with E-state index in [0.717, 1.165) is 6.42 Å². The Morgan fingerprint density at radius 1 is 1.23 bits per heavy atom. The van der Waals surface area contributed by atoms with Gasteiger partial charge in [0.25, 0.3) is 14.1 Å². The van der Waals surface area contributed by atoms with Crippen LogP contribution < -0.4 is 0 Å². The van der Waals surface area contributed by atoms with E-state index < -0.39 is 14.1 Å². The van der Waals surface area contributed by atoms with Gasteiger partial charge in [-0.3, -0.25) is 0 Å². The normalized spacial score (nSPS) is 11.5. The summed E-state index contributed by atoms with van der Waals surface area (Å²) in [4.78, 5) is 2.47. The smallest absolute Gasteiger partial charge is 0.146 e. The van der Waals surface area contributed by atoms with Crippen molar-refractivity contribution in [2.24, 2.45) is 0 Å². The van der Waals surface area contributed by atoms with Crippen LogP contribution in [0.4, 0.5) is 0 Å². The topological polar surface area (TPSA) is 0 Å². The summed E-state index contributed by atoms with van der Waals surface area (Å²) in [6.45, 7) is 2.24. The van der Waals surface area contributed by atoms with E-state index in [1.165, 1.54) is 11.1 Å². The quantitative estimate of drug-likeness (QED) is 0.637. The fraction of sp³-hybridized carbons (Fsp3) is 0.333. The molecular weight excluding hydrogens is 171 g/mol. The van der Waals surface area contributed by atoms with E-state index in [0.29, 0.717) is 0 Å². The van der Waals surface area contributed by atoms with Gasteiger partial charge in [-0.25, -0.2) is 0 Å². The lowest BCUT2D eigenvalue weighted by atomic mass is 10.1. The summed E-state index contributed by atoms with van der Waals surface area (Å²) < 4.78 is 0. The summed E-state index contributed by atoms with van der Waals surface area (Å²) in [7, 11) is 0. The second-order valence-corrected chi connectivity index (χ2v) is 6.74. The molecule has 1 aromatic carbocycles. The second-order valence-electron chi connectivity index (χ2n) is 3.92. The minimum absolute atomic E-state index is 0.532. The van der Waals surface area contributed by atoms with E-state index in [2.05, 4.69) is 53.8 Å². The molecule has 0 atom stereocenters. The number of allylic oxidation sites excluding steroid dienone is 1. The second kappa shape index (κ2) is 5.27. The van der Waals surface area contributed by atoms with Crippen LogP contribution in [0, 0.1) is 0 Å². The Morgan fingerprint density at radius 3 is 2.38 bits per heavy atom. The highest BCUT2D eigenvalue weighted by molar-refractivity contribution is 6.61. The molecule has 0 aliphatic carbocycles. The third-order valence-corrected chi connectivity index (χ3v) is 3.18. The Balaban J connectivity index is 2.60. The number of rotatable bonds is 3. The van der Waals surface area contributed by atoms with Crippen LogP contribution in [0.25, 0.3) is 0 Å². The average molecular weight is 188 g/mol. The Bertz CT molecular complexity index is 272. The molecule has 0 aromatic heterocycles. The number of benzene rings is 1. The zero-order valence-corrected chi connectivity index (χ0v) is 9.90. The molecule has 13 heavy (non-hydrogen) atoms. The Morgan fingerprint density at radius 2 is 1.85 bits per heavy atom. The predicted octanol–water partition coefficient (Wildman–Crippen LogP) is 3.47. The molecule has 0 aliphatic heterocycles. The van der Waals surface area contributed by atoms with Gasteiger partial charge in [0, 0.05) is 0 Å². The molecule has 0 nitrogen and oxygen atoms in total. The van der Waals surface area contributed by atoms with E-state index in [1.54, 1.807) is 0 Å². The van der Waals surface area contributed by atoms with E-state index in [-0.39, 0.29) is 0 Å². The van der Waals surface area contributed by atoms with Crippen LogP contribution in [-0.4, -0.2) is 14.1 Å². The maximum Gasteiger partial charge on any atom is 0.288 e. The van der Waals surface area contributed by atoms with Crippen molar-refractivity contribution >= 4 is 14.1 Å². The summed E-state index contributed by atoms with van der Waals surface area (Å²) in [6, 6.07) is 10.7. The van der Waals surface area contributed by atoms with Gasteiger partial charge in [-0.15, -0.1) is 16.5 Å². The van der Waals surface area contributed by atoms with Gasteiger partial charge in [0.2, 0.25) is 0 Å². The first kappa shape index (κ1) is 10.6. The van der Waals surface area contributed by atoms with Gasteiger partial charge in [-0.2, -0.15) is 0 Å². The zero-order chi connectivity index (χ0) is 9.68. The third-order valence-electron chi connectivity index (χ3n) is 1.94. The standard InChI is InChI=1S/C10H11.2CH3.Al/c1-9(2)8-10-6-4-3-5-7-10;;;/h1,3-7H,8H2,2H3;2*1H3;. The summed E-state index contributed by atoms with van der Waals surface area (Å²) >= 11 is -0.532. The molecule has 0 unspecified atom stereocenters. The van der Waals surface area contributed by atoms with E-state index in [1.807, 2.05) is 0 Å². The maximum absolute atomic E-state index is 2.47. The van der Waals surface area contributed by atoms with Crippen molar-refractivity contribution in [1.29, 1.82) is 0 Å². The van der Waals surface area contributed by atoms with Crippen LogP contribution in [0.1, 0.15) is 12.5 Å². The lowest BCUT2D eigenvalue weighted by Crippen LogP contribution is -1.97. The predicted molar refractivity (Wildman–Crippen MR) is 61.4 cm³/mol. The van der Waals surface area contributed by atoms with Gasteiger partial charge < -0.3 is 0 Å². The number of hydrogen-bond donors (Lipinski definition) is 0. The molecule has 0 aliphatic rings. The molecule has 0 amide bonds. The molecule has 1 heteroatoms. The first-order valence-corrected chi connectivity index (χ1v) is 7.87. The molecular formula is C12H17Al. The molecule has 68 valence electrons. The molecule has 0 radical (unpaired) electrons. The van der Waals surface area contributed by atoms with Gasteiger partial charge in [0.05, 0.1) is 0 Å². The number of hydrogen-bond acceptors (Lipinski definition) is 0. The zero-order valence-electron chi connectivity index (χ0n) is 8.75. The molecule has 0 spiro atoms. The maximum atomic E-state index is 2.47. The van der Waals surface area contributed by atoms with Crippen LogP contribution in [0.2, 0.25) is 11.6 Å². The van der Waals surface area contributed by atoms with Gasteiger partial charge in [-0.1, -0.05) is 35.9 Å². The van der Waals surface area contributed by atoms with Crippen molar-refractivity contribution in [3.8, 4) is 0 Å². The Hall–Kier alpha value is -0.508. The van der Waals surface area contributed by atoms with E-state index >= 15 is 0 Å². The molecule has 0 fully saturated rings. The minimum atomic E-state index is -0.532. The molecule has 0 saturated heterocycles. The molecule has 1 rings (SSSR count). The fourth-order valence-corrected chi connectivity index (χ4v) is 2.80. The summed E-state index contributed by atoms with van der Waals surface area (Å²) in [5.41, 5.74) is 2.94. The summed E-state index contributed by atoms with van der Waals surface area (Å²) in [5, 5.41) is 0. The minimum Gasteiger partial charge on any atom is -0.146 e. The van der Waals surface area contributed by atoms with Crippen LogP contribution in [0.5, 0.6) is 0 Å². The van der Waals surface area contributed by atoms with Crippen LogP contribution in [0.15, 0.2) is 40.8 Å². The lowest BCUT2D eigenvalue weighted by molar-refractivity contribution is 1.15. The van der Waals surface area contributed by atoms with Gasteiger partial charge in [-0.05, 0) is 18.9 Å². The molecule has 0 N–H and O–H groups in total. The molecule has 0 heterocycles. The van der Waals surface area contributed by atoms with E-state index in [9.17, 15) is 0 Å². The summed E-state index contributed by atoms with van der Waals surface area (Å²) in [5.74, 6) is 4.71. The van der Waals surface area contributed by atoms with Gasteiger partial charge >= 0.3 is 0 Å². The van der Waals surface area contributed by atoms with Crippen molar-refractivity contribution in [3.05, 3.63) is 46.4 Å². The highest BCUT2D eigenvalue weighted by Crippen LogP contribution is 2.07. The molecule has 0 bridgehead atoms. The van der Waals surface area contributed by atoms with Crippen molar-refractivity contribution in [3.63, 3.8) is 0 Å². The van der Waals surface area contributed by atoms with Crippen molar-refractivity contribution in [1.82, 2.24) is 0 Å². The van der Waals surface area contributed by atoms with Crippen molar-refractivity contribution < 1.29 is 0 Å². The molecule has 0 saturated carbocycles. The van der Waals surface area contributed by atoms with Crippen LogP contribution in [0.3, 0.4) is 0 Å².